The average Bonchev–Trinajstić information content (AvgIpc) is 3.50. The van der Waals surface area contributed by atoms with Gasteiger partial charge < -0.3 is 9.73 Å². The summed E-state index contributed by atoms with van der Waals surface area (Å²) < 4.78 is 6.23. The largest absolute Gasteiger partial charge is 0.437 e. The Balaban J connectivity index is 1.40. The van der Waals surface area contributed by atoms with E-state index in [0.29, 0.717) is 5.89 Å². The highest BCUT2D eigenvalue weighted by atomic mass is 16.4. The number of nitrogens with one attached hydrogen (secondary N) is 1. The minimum atomic E-state index is -0.915. The van der Waals surface area contributed by atoms with Gasteiger partial charge in [0.2, 0.25) is 17.3 Å². The van der Waals surface area contributed by atoms with Crippen LogP contribution in [0.3, 0.4) is 0 Å². The van der Waals surface area contributed by atoms with Crippen molar-refractivity contribution >= 4 is 33.5 Å². The highest BCUT2D eigenvalue weighted by Gasteiger charge is 2.39. The normalized spacial score (nSPS) is 17.0. The molecule has 6 heteroatoms. The van der Waals surface area contributed by atoms with Crippen LogP contribution in [0.2, 0.25) is 0 Å². The topological polar surface area (TPSA) is 79.9 Å². The first-order valence-corrected chi connectivity index (χ1v) is 11.0. The quantitative estimate of drug-likeness (QED) is 0.330. The zero-order valence-corrected chi connectivity index (χ0v) is 18.4. The van der Waals surface area contributed by atoms with Crippen molar-refractivity contribution in [3.05, 3.63) is 109 Å². The molecule has 1 N–H and O–H groups in total. The summed E-state index contributed by atoms with van der Waals surface area (Å²) in [6, 6.07) is 28.0. The average molecular weight is 444 g/mol. The summed E-state index contributed by atoms with van der Waals surface area (Å²) in [5.41, 5.74) is 4.28. The lowest BCUT2D eigenvalue weighted by molar-refractivity contribution is -0.114. The number of amides is 1. The summed E-state index contributed by atoms with van der Waals surface area (Å²) in [4.78, 5) is 16.2. The van der Waals surface area contributed by atoms with E-state index in [-0.39, 0.29) is 5.91 Å². The number of azo groups is 1. The van der Waals surface area contributed by atoms with Crippen molar-refractivity contribution in [1.29, 1.82) is 0 Å². The smallest absolute Gasteiger partial charge is 0.234 e. The molecular formula is C28H20N4O2. The van der Waals surface area contributed by atoms with Crippen molar-refractivity contribution in [3.8, 4) is 11.1 Å². The molecule has 34 heavy (non-hydrogen) atoms. The number of benzene rings is 4. The highest BCUT2D eigenvalue weighted by molar-refractivity contribution is 5.94. The first-order chi connectivity index (χ1) is 16.6. The standard InChI is InChI=1S/C28H20N4O2/c1-18(33)30-24-8-4-7-20(15-24)19-9-11-23(12-10-19)28(13-14-29-32-28)27-31-25-16-21-5-2-3-6-22(21)17-26(25)34-27/h2-17H,1H3,(H,30,33). The maximum Gasteiger partial charge on any atom is 0.234 e. The number of fused-ring (bicyclic) bond motifs is 2. The Bertz CT molecular complexity index is 1550. The van der Waals surface area contributed by atoms with Gasteiger partial charge in [-0.2, -0.15) is 10.2 Å². The van der Waals surface area contributed by atoms with Crippen molar-refractivity contribution in [2.24, 2.45) is 10.2 Å². The molecule has 4 aromatic carbocycles. The second kappa shape index (κ2) is 7.78. The molecule has 0 bridgehead atoms. The molecule has 6 nitrogen and oxygen atoms in total. The number of hydrogen-bond acceptors (Lipinski definition) is 5. The summed E-state index contributed by atoms with van der Waals surface area (Å²) in [6.45, 7) is 1.50. The minimum Gasteiger partial charge on any atom is -0.437 e. The van der Waals surface area contributed by atoms with E-state index in [1.165, 1.54) is 6.92 Å². The summed E-state index contributed by atoms with van der Waals surface area (Å²) in [6.07, 6.45) is 3.58. The third-order valence-corrected chi connectivity index (χ3v) is 6.02. The maximum atomic E-state index is 11.4. The van der Waals surface area contributed by atoms with E-state index in [4.69, 9.17) is 9.40 Å². The van der Waals surface area contributed by atoms with E-state index >= 15 is 0 Å². The molecular weight excluding hydrogens is 424 g/mol. The molecule has 0 spiro atoms. The van der Waals surface area contributed by atoms with E-state index < -0.39 is 5.54 Å². The van der Waals surface area contributed by atoms with Crippen LogP contribution in [0.1, 0.15) is 18.4 Å². The minimum absolute atomic E-state index is 0.0981. The number of rotatable bonds is 4. The van der Waals surface area contributed by atoms with Gasteiger partial charge >= 0.3 is 0 Å². The second-order valence-electron chi connectivity index (χ2n) is 8.32. The number of anilines is 1. The number of carbonyl (C=O) groups is 1. The van der Waals surface area contributed by atoms with Crippen LogP contribution in [-0.2, 0) is 10.3 Å². The SMILES string of the molecule is CC(=O)Nc1cccc(-c2ccc(C3(c4nc5cc6ccccc6cc5o4)C=CN=N3)cc2)c1. The Hall–Kier alpha value is -4.58. The van der Waals surface area contributed by atoms with Gasteiger partial charge in [-0.05, 0) is 57.8 Å². The zero-order valence-electron chi connectivity index (χ0n) is 18.4. The molecule has 1 aliphatic rings. The molecule has 2 heterocycles. The summed E-state index contributed by atoms with van der Waals surface area (Å²) in [7, 11) is 0. The Kier molecular flexibility index (Phi) is 4.59. The Morgan fingerprint density at radius 2 is 1.68 bits per heavy atom. The van der Waals surface area contributed by atoms with E-state index in [0.717, 1.165) is 44.2 Å². The van der Waals surface area contributed by atoms with Crippen LogP contribution in [-0.4, -0.2) is 10.9 Å². The van der Waals surface area contributed by atoms with E-state index in [1.807, 2.05) is 78.9 Å². The first kappa shape index (κ1) is 20.1. The number of hydrogen-bond donors (Lipinski definition) is 1. The Morgan fingerprint density at radius 3 is 2.41 bits per heavy atom. The van der Waals surface area contributed by atoms with Crippen molar-refractivity contribution in [1.82, 2.24) is 4.98 Å². The maximum absolute atomic E-state index is 11.4. The van der Waals surface area contributed by atoms with Gasteiger partial charge in [-0.15, -0.1) is 0 Å². The Morgan fingerprint density at radius 1 is 0.882 bits per heavy atom. The van der Waals surface area contributed by atoms with Crippen LogP contribution >= 0.6 is 0 Å². The molecule has 0 radical (unpaired) electrons. The number of aromatic nitrogens is 1. The van der Waals surface area contributed by atoms with Gasteiger partial charge in [0.15, 0.2) is 5.58 Å². The molecule has 0 fully saturated rings. The monoisotopic (exact) mass is 444 g/mol. The van der Waals surface area contributed by atoms with Crippen molar-refractivity contribution in [2.45, 2.75) is 12.5 Å². The molecule has 1 aromatic heterocycles. The molecule has 1 aliphatic heterocycles. The van der Waals surface area contributed by atoms with E-state index in [9.17, 15) is 4.79 Å². The summed E-state index contributed by atoms with van der Waals surface area (Å²) >= 11 is 0. The molecule has 1 unspecified atom stereocenters. The van der Waals surface area contributed by atoms with Gasteiger partial charge in [-0.25, -0.2) is 4.98 Å². The van der Waals surface area contributed by atoms with Crippen molar-refractivity contribution < 1.29 is 9.21 Å². The van der Waals surface area contributed by atoms with Gasteiger partial charge in [-0.1, -0.05) is 60.7 Å². The fourth-order valence-corrected chi connectivity index (χ4v) is 4.36. The number of carbonyl (C=O) groups excluding carboxylic acids is 1. The van der Waals surface area contributed by atoms with Gasteiger partial charge in [0.1, 0.15) is 5.52 Å². The van der Waals surface area contributed by atoms with Crippen LogP contribution in [0.15, 0.2) is 112 Å². The number of nitrogens with zero attached hydrogens (tertiary/aromatic N) is 3. The van der Waals surface area contributed by atoms with Crippen molar-refractivity contribution in [2.75, 3.05) is 5.32 Å². The molecule has 0 saturated heterocycles. The van der Waals surface area contributed by atoms with Crippen molar-refractivity contribution in [3.63, 3.8) is 0 Å². The lowest BCUT2D eigenvalue weighted by Crippen LogP contribution is -2.21. The summed E-state index contributed by atoms with van der Waals surface area (Å²) in [5.74, 6) is 0.384. The molecule has 5 aromatic rings. The van der Waals surface area contributed by atoms with E-state index in [2.05, 4.69) is 27.7 Å². The second-order valence-corrected chi connectivity index (χ2v) is 8.32. The van der Waals surface area contributed by atoms with Crippen LogP contribution in [0.5, 0.6) is 0 Å². The highest BCUT2D eigenvalue weighted by Crippen LogP contribution is 2.40. The fourth-order valence-electron chi connectivity index (χ4n) is 4.36. The van der Waals surface area contributed by atoms with Gasteiger partial charge in [0, 0.05) is 18.8 Å². The molecule has 1 atom stereocenters. The van der Waals surface area contributed by atoms with Crippen LogP contribution in [0.4, 0.5) is 5.69 Å². The molecule has 0 aliphatic carbocycles. The first-order valence-electron chi connectivity index (χ1n) is 11.0. The lowest BCUT2D eigenvalue weighted by Gasteiger charge is -2.19. The van der Waals surface area contributed by atoms with Crippen LogP contribution in [0, 0.1) is 0 Å². The Labute approximate surface area is 195 Å². The fraction of sp³-hybridized carbons (Fsp3) is 0.0714. The molecule has 1 amide bonds. The third kappa shape index (κ3) is 3.36. The zero-order chi connectivity index (χ0) is 23.1. The molecule has 164 valence electrons. The van der Waals surface area contributed by atoms with Crippen LogP contribution < -0.4 is 5.32 Å². The predicted octanol–water partition coefficient (Wildman–Crippen LogP) is 6.83. The predicted molar refractivity (Wildman–Crippen MR) is 132 cm³/mol. The molecule has 0 saturated carbocycles. The molecule has 6 rings (SSSR count). The number of oxazole rings is 1. The lowest BCUT2D eigenvalue weighted by atomic mass is 9.89. The van der Waals surface area contributed by atoms with Crippen LogP contribution in [0.25, 0.3) is 33.0 Å². The van der Waals surface area contributed by atoms with E-state index in [1.54, 1.807) is 6.20 Å². The summed E-state index contributed by atoms with van der Waals surface area (Å²) in [5, 5.41) is 13.7. The van der Waals surface area contributed by atoms with Gasteiger partial charge in [0.05, 0.1) is 0 Å². The third-order valence-electron chi connectivity index (χ3n) is 6.02. The van der Waals surface area contributed by atoms with Gasteiger partial charge in [0.25, 0.3) is 0 Å². The van der Waals surface area contributed by atoms with Gasteiger partial charge in [-0.3, -0.25) is 4.79 Å².